The molecular formula is C11H13F2. The minimum Gasteiger partial charge on any atom is -0.250 e. The molecule has 0 atom stereocenters. The summed E-state index contributed by atoms with van der Waals surface area (Å²) >= 11 is 0. The van der Waals surface area contributed by atoms with E-state index in [4.69, 9.17) is 0 Å². The third kappa shape index (κ3) is 2.27. The third-order valence-corrected chi connectivity index (χ3v) is 2.13. The summed E-state index contributed by atoms with van der Waals surface area (Å²) in [6.45, 7) is 3.04. The van der Waals surface area contributed by atoms with Crippen LogP contribution in [-0.2, 0) is 6.42 Å². The molecular weight excluding hydrogens is 170 g/mol. The molecule has 0 saturated carbocycles. The maximum absolute atomic E-state index is 13.2. The van der Waals surface area contributed by atoms with Crippen molar-refractivity contribution in [2.75, 3.05) is 6.67 Å². The Hall–Kier alpha value is -0.920. The number of rotatable bonds is 3. The predicted octanol–water partition coefficient (Wildman–Crippen LogP) is 3.30. The molecule has 0 heterocycles. The van der Waals surface area contributed by atoms with Gasteiger partial charge in [0.25, 0.3) is 0 Å². The smallest absolute Gasteiger partial charge is 0.126 e. The molecule has 0 fully saturated rings. The van der Waals surface area contributed by atoms with Crippen molar-refractivity contribution in [2.45, 2.75) is 20.3 Å². The van der Waals surface area contributed by atoms with E-state index < -0.39 is 6.67 Å². The van der Waals surface area contributed by atoms with E-state index in [-0.39, 0.29) is 5.82 Å². The zero-order valence-electron chi connectivity index (χ0n) is 7.90. The number of hydrogen-bond acceptors (Lipinski definition) is 0. The lowest BCUT2D eigenvalue weighted by molar-refractivity contribution is 0.515. The van der Waals surface area contributed by atoms with Gasteiger partial charge in [-0.3, -0.25) is 4.39 Å². The quantitative estimate of drug-likeness (QED) is 0.674. The van der Waals surface area contributed by atoms with E-state index in [9.17, 15) is 8.78 Å². The highest BCUT2D eigenvalue weighted by atomic mass is 19.1. The van der Waals surface area contributed by atoms with Crippen LogP contribution < -0.4 is 0 Å². The molecule has 1 aromatic rings. The lowest BCUT2D eigenvalue weighted by Crippen LogP contribution is -1.98. The van der Waals surface area contributed by atoms with Gasteiger partial charge in [-0.1, -0.05) is 26.0 Å². The van der Waals surface area contributed by atoms with Gasteiger partial charge in [-0.15, -0.1) is 0 Å². The van der Waals surface area contributed by atoms with Crippen LogP contribution in [0.4, 0.5) is 8.78 Å². The largest absolute Gasteiger partial charge is 0.250 e. The van der Waals surface area contributed by atoms with Gasteiger partial charge in [0.2, 0.25) is 0 Å². The van der Waals surface area contributed by atoms with Crippen molar-refractivity contribution in [1.29, 1.82) is 0 Å². The molecule has 71 valence electrons. The van der Waals surface area contributed by atoms with Crippen LogP contribution in [0.25, 0.3) is 0 Å². The average molecular weight is 183 g/mol. The Bertz CT molecular complexity index is 281. The molecule has 0 aliphatic rings. The van der Waals surface area contributed by atoms with Crippen LogP contribution in [0, 0.1) is 11.7 Å². The number of benzene rings is 1. The van der Waals surface area contributed by atoms with Gasteiger partial charge in [-0.05, 0) is 23.6 Å². The van der Waals surface area contributed by atoms with E-state index in [1.165, 1.54) is 6.07 Å². The molecule has 0 aliphatic heterocycles. The normalized spacial score (nSPS) is 10.8. The second kappa shape index (κ2) is 4.35. The van der Waals surface area contributed by atoms with Gasteiger partial charge in [0.05, 0.1) is 6.67 Å². The van der Waals surface area contributed by atoms with Crippen LogP contribution in [0.2, 0.25) is 0 Å². The standard InChI is InChI=1S/C11H13F2/c1-3-9-4-5-10(6-11(9)13)8(2)7-12/h4-6H,3,7H2,1-2H3. The SMILES string of the molecule is CCc1ccc([C](C)CF)cc1F. The molecule has 1 radical (unpaired) electrons. The van der Waals surface area contributed by atoms with Gasteiger partial charge in [0.15, 0.2) is 0 Å². The molecule has 1 aromatic carbocycles. The van der Waals surface area contributed by atoms with E-state index in [0.29, 0.717) is 23.5 Å². The number of hydrogen-bond donors (Lipinski definition) is 0. The number of halogens is 2. The van der Waals surface area contributed by atoms with Crippen molar-refractivity contribution in [3.05, 3.63) is 41.1 Å². The highest BCUT2D eigenvalue weighted by Crippen LogP contribution is 2.18. The second-order valence-corrected chi connectivity index (χ2v) is 3.07. The molecule has 0 nitrogen and oxygen atoms in total. The summed E-state index contributed by atoms with van der Waals surface area (Å²) < 4.78 is 25.4. The average Bonchev–Trinajstić information content (AvgIpc) is 2.16. The lowest BCUT2D eigenvalue weighted by Gasteiger charge is -2.07. The maximum atomic E-state index is 13.2. The Morgan fingerprint density at radius 1 is 1.38 bits per heavy atom. The summed E-state index contributed by atoms with van der Waals surface area (Å²) in [4.78, 5) is 0. The monoisotopic (exact) mass is 183 g/mol. The van der Waals surface area contributed by atoms with Crippen molar-refractivity contribution in [2.24, 2.45) is 0 Å². The summed E-state index contributed by atoms with van der Waals surface area (Å²) in [6, 6.07) is 4.87. The fraction of sp³-hybridized carbons (Fsp3) is 0.364. The molecule has 0 amide bonds. The summed E-state index contributed by atoms with van der Waals surface area (Å²) in [7, 11) is 0. The number of alkyl halides is 1. The molecule has 2 heteroatoms. The van der Waals surface area contributed by atoms with Gasteiger partial charge in [-0.2, -0.15) is 0 Å². The summed E-state index contributed by atoms with van der Waals surface area (Å²) in [5.41, 5.74) is 1.33. The Kier molecular flexibility index (Phi) is 3.40. The van der Waals surface area contributed by atoms with E-state index in [1.54, 1.807) is 19.1 Å². The Labute approximate surface area is 77.6 Å². The first kappa shape index (κ1) is 10.2. The molecule has 1 rings (SSSR count). The molecule has 0 N–H and O–H groups in total. The van der Waals surface area contributed by atoms with Gasteiger partial charge in [0, 0.05) is 5.92 Å². The zero-order chi connectivity index (χ0) is 9.84. The van der Waals surface area contributed by atoms with Crippen LogP contribution in [0.3, 0.4) is 0 Å². The minimum absolute atomic E-state index is 0.243. The molecule has 0 saturated heterocycles. The first-order valence-corrected chi connectivity index (χ1v) is 4.36. The van der Waals surface area contributed by atoms with Crippen molar-refractivity contribution in [3.8, 4) is 0 Å². The minimum atomic E-state index is -0.523. The fourth-order valence-corrected chi connectivity index (χ4v) is 1.18. The summed E-state index contributed by atoms with van der Waals surface area (Å²) in [5.74, 6) is 0.328. The number of aryl methyl sites for hydroxylation is 1. The van der Waals surface area contributed by atoms with Crippen LogP contribution in [-0.4, -0.2) is 6.67 Å². The van der Waals surface area contributed by atoms with Gasteiger partial charge in [-0.25, -0.2) is 4.39 Å². The second-order valence-electron chi connectivity index (χ2n) is 3.07. The Morgan fingerprint density at radius 3 is 2.54 bits per heavy atom. The van der Waals surface area contributed by atoms with Crippen molar-refractivity contribution in [3.63, 3.8) is 0 Å². The molecule has 0 aromatic heterocycles. The van der Waals surface area contributed by atoms with E-state index >= 15 is 0 Å². The topological polar surface area (TPSA) is 0 Å². The maximum Gasteiger partial charge on any atom is 0.126 e. The highest BCUT2D eigenvalue weighted by Gasteiger charge is 2.08. The zero-order valence-corrected chi connectivity index (χ0v) is 7.90. The van der Waals surface area contributed by atoms with E-state index in [2.05, 4.69) is 0 Å². The molecule has 13 heavy (non-hydrogen) atoms. The first-order valence-electron chi connectivity index (χ1n) is 4.36. The Morgan fingerprint density at radius 2 is 2.08 bits per heavy atom. The first-order chi connectivity index (χ1) is 6.19. The molecule has 0 unspecified atom stereocenters. The van der Waals surface area contributed by atoms with E-state index in [1.807, 2.05) is 6.92 Å². The van der Waals surface area contributed by atoms with E-state index in [0.717, 1.165) is 0 Å². The van der Waals surface area contributed by atoms with Crippen molar-refractivity contribution in [1.82, 2.24) is 0 Å². The van der Waals surface area contributed by atoms with Crippen LogP contribution in [0.15, 0.2) is 18.2 Å². The summed E-state index contributed by atoms with van der Waals surface area (Å²) in [5, 5.41) is 0. The van der Waals surface area contributed by atoms with Crippen LogP contribution in [0.5, 0.6) is 0 Å². The van der Waals surface area contributed by atoms with Crippen LogP contribution >= 0.6 is 0 Å². The lowest BCUT2D eigenvalue weighted by atomic mass is 10.00. The Balaban J connectivity index is 2.95. The molecule has 0 bridgehead atoms. The third-order valence-electron chi connectivity index (χ3n) is 2.13. The van der Waals surface area contributed by atoms with Crippen molar-refractivity contribution >= 4 is 0 Å². The van der Waals surface area contributed by atoms with Gasteiger partial charge < -0.3 is 0 Å². The van der Waals surface area contributed by atoms with Crippen LogP contribution in [0.1, 0.15) is 25.0 Å². The highest BCUT2D eigenvalue weighted by molar-refractivity contribution is 5.33. The predicted molar refractivity (Wildman–Crippen MR) is 49.8 cm³/mol. The molecule has 0 aliphatic carbocycles. The van der Waals surface area contributed by atoms with Gasteiger partial charge >= 0.3 is 0 Å². The fourth-order valence-electron chi connectivity index (χ4n) is 1.18. The summed E-state index contributed by atoms with van der Waals surface area (Å²) in [6.07, 6.45) is 0.667. The molecule has 0 spiro atoms. The van der Waals surface area contributed by atoms with Crippen molar-refractivity contribution < 1.29 is 8.78 Å². The van der Waals surface area contributed by atoms with Gasteiger partial charge in [0.1, 0.15) is 5.82 Å².